The van der Waals surface area contributed by atoms with Gasteiger partial charge < -0.3 is 9.47 Å². The summed E-state index contributed by atoms with van der Waals surface area (Å²) in [5.41, 5.74) is 0.600. The zero-order chi connectivity index (χ0) is 16.2. The Morgan fingerprint density at radius 1 is 0.958 bits per heavy atom. The molecule has 0 N–H and O–H groups in total. The van der Waals surface area contributed by atoms with E-state index in [2.05, 4.69) is 6.07 Å². The molecule has 0 bridgehead atoms. The highest BCUT2D eigenvalue weighted by molar-refractivity contribution is 8.93. The standard InChI is InChI=1S/C19H18NO3.BrH/c1-22-18-8-7-15(11-19(18)23-2)17(21)13-20-10-9-14-5-3-4-6-16(14)12-20;/h3-12H,13H2,1-2H3;1H/q+1;. The molecule has 2 aromatic carbocycles. The zero-order valence-electron chi connectivity index (χ0n) is 13.6. The monoisotopic (exact) mass is 388 g/mol. The third kappa shape index (κ3) is 3.74. The summed E-state index contributed by atoms with van der Waals surface area (Å²) in [6, 6.07) is 15.3. The lowest BCUT2D eigenvalue weighted by molar-refractivity contribution is -0.681. The molecule has 5 heteroatoms. The van der Waals surface area contributed by atoms with Crippen molar-refractivity contribution in [2.75, 3.05) is 14.2 Å². The van der Waals surface area contributed by atoms with Crippen LogP contribution in [-0.2, 0) is 6.54 Å². The third-order valence-corrected chi connectivity index (χ3v) is 3.78. The van der Waals surface area contributed by atoms with E-state index in [0.717, 1.165) is 10.8 Å². The molecule has 0 aliphatic carbocycles. The number of halogens is 1. The molecule has 0 atom stereocenters. The van der Waals surface area contributed by atoms with Crippen molar-refractivity contribution < 1.29 is 18.8 Å². The van der Waals surface area contributed by atoms with Crippen molar-refractivity contribution in [3.8, 4) is 11.5 Å². The second-order valence-corrected chi connectivity index (χ2v) is 5.24. The van der Waals surface area contributed by atoms with Crippen molar-refractivity contribution in [2.45, 2.75) is 6.54 Å². The zero-order valence-corrected chi connectivity index (χ0v) is 15.3. The summed E-state index contributed by atoms with van der Waals surface area (Å²) in [6.45, 7) is 0.278. The third-order valence-electron chi connectivity index (χ3n) is 3.78. The fraction of sp³-hybridized carbons (Fsp3) is 0.158. The second kappa shape index (κ2) is 7.93. The van der Waals surface area contributed by atoms with Crippen LogP contribution in [0.3, 0.4) is 0 Å². The Balaban J connectivity index is 0.00000208. The summed E-state index contributed by atoms with van der Waals surface area (Å²) in [5, 5.41) is 2.26. The van der Waals surface area contributed by atoms with E-state index in [0.29, 0.717) is 17.1 Å². The normalized spacial score (nSPS) is 10.1. The van der Waals surface area contributed by atoms with Gasteiger partial charge in [0, 0.05) is 17.0 Å². The predicted molar refractivity (Wildman–Crippen MR) is 98.3 cm³/mol. The summed E-state index contributed by atoms with van der Waals surface area (Å²) in [7, 11) is 3.13. The molecule has 3 rings (SSSR count). The number of hydrogen-bond donors (Lipinski definition) is 0. The lowest BCUT2D eigenvalue weighted by atomic mass is 10.1. The molecule has 0 radical (unpaired) electrons. The summed E-state index contributed by atoms with van der Waals surface area (Å²) >= 11 is 0. The van der Waals surface area contributed by atoms with Gasteiger partial charge in [0.2, 0.25) is 12.3 Å². The first-order valence-corrected chi connectivity index (χ1v) is 7.34. The number of pyridine rings is 1. The quantitative estimate of drug-likeness (QED) is 0.495. The fourth-order valence-corrected chi connectivity index (χ4v) is 2.54. The van der Waals surface area contributed by atoms with Gasteiger partial charge in [-0.05, 0) is 29.7 Å². The molecule has 24 heavy (non-hydrogen) atoms. The topological polar surface area (TPSA) is 39.4 Å². The lowest BCUT2D eigenvalue weighted by Crippen LogP contribution is -2.37. The number of Topliss-reactive ketones (excluding diaryl/α,β-unsaturated/α-hetero) is 1. The van der Waals surface area contributed by atoms with Crippen molar-refractivity contribution in [2.24, 2.45) is 0 Å². The molecule has 124 valence electrons. The average Bonchev–Trinajstić information content (AvgIpc) is 2.60. The van der Waals surface area contributed by atoms with Crippen LogP contribution in [0.25, 0.3) is 10.8 Å². The fourth-order valence-electron chi connectivity index (χ4n) is 2.54. The van der Waals surface area contributed by atoms with E-state index in [1.807, 2.05) is 41.2 Å². The van der Waals surface area contributed by atoms with E-state index in [1.165, 1.54) is 0 Å². The smallest absolute Gasteiger partial charge is 0.227 e. The Bertz CT molecular complexity index is 864. The predicted octanol–water partition coefficient (Wildman–Crippen LogP) is 3.61. The molecule has 4 nitrogen and oxygen atoms in total. The summed E-state index contributed by atoms with van der Waals surface area (Å²) in [6.07, 6.45) is 3.90. The molecule has 1 heterocycles. The first-order chi connectivity index (χ1) is 11.2. The van der Waals surface area contributed by atoms with E-state index in [1.54, 1.807) is 32.4 Å². The Hall–Kier alpha value is -2.40. The Morgan fingerprint density at radius 2 is 1.67 bits per heavy atom. The molecular weight excluding hydrogens is 370 g/mol. The van der Waals surface area contributed by atoms with Gasteiger partial charge in [0.25, 0.3) is 0 Å². The number of rotatable bonds is 5. The van der Waals surface area contributed by atoms with E-state index in [-0.39, 0.29) is 29.3 Å². The minimum Gasteiger partial charge on any atom is -0.493 e. The number of benzene rings is 2. The molecular formula is C19H19BrNO3+. The van der Waals surface area contributed by atoms with Gasteiger partial charge in [-0.2, -0.15) is 4.57 Å². The molecule has 0 fully saturated rings. The first kappa shape index (κ1) is 17.9. The highest BCUT2D eigenvalue weighted by Gasteiger charge is 2.15. The molecule has 1 aromatic heterocycles. The highest BCUT2D eigenvalue weighted by atomic mass is 79.9. The number of hydrogen-bond acceptors (Lipinski definition) is 3. The molecule has 0 amide bonds. The van der Waals surface area contributed by atoms with Crippen LogP contribution in [0.4, 0.5) is 0 Å². The maximum Gasteiger partial charge on any atom is 0.227 e. The molecule has 3 aromatic rings. The van der Waals surface area contributed by atoms with Crippen LogP contribution in [0, 0.1) is 0 Å². The lowest BCUT2D eigenvalue weighted by Gasteiger charge is -2.08. The van der Waals surface area contributed by atoms with Gasteiger partial charge in [0.15, 0.2) is 23.9 Å². The average molecular weight is 389 g/mol. The van der Waals surface area contributed by atoms with Crippen LogP contribution in [0.1, 0.15) is 10.4 Å². The summed E-state index contributed by atoms with van der Waals surface area (Å²) in [5.74, 6) is 1.19. The van der Waals surface area contributed by atoms with Crippen LogP contribution in [0.2, 0.25) is 0 Å². The molecule has 0 saturated carbocycles. The minimum atomic E-state index is 0. The second-order valence-electron chi connectivity index (χ2n) is 5.24. The van der Waals surface area contributed by atoms with Crippen LogP contribution in [0.15, 0.2) is 60.9 Å². The summed E-state index contributed by atoms with van der Waals surface area (Å²) < 4.78 is 12.3. The van der Waals surface area contributed by atoms with E-state index in [4.69, 9.17) is 9.47 Å². The van der Waals surface area contributed by atoms with Crippen LogP contribution >= 0.6 is 17.0 Å². The number of methoxy groups -OCH3 is 2. The Labute approximate surface area is 151 Å². The minimum absolute atomic E-state index is 0. The number of carbonyl (C=O) groups excluding carboxylic acids is 1. The molecule has 0 aliphatic heterocycles. The molecule has 0 spiro atoms. The number of ketones is 1. The van der Waals surface area contributed by atoms with Crippen LogP contribution in [0.5, 0.6) is 11.5 Å². The van der Waals surface area contributed by atoms with Crippen LogP contribution in [-0.4, -0.2) is 20.0 Å². The Kier molecular flexibility index (Phi) is 5.93. The number of nitrogens with zero attached hydrogens (tertiary/aromatic N) is 1. The molecule has 0 saturated heterocycles. The van der Waals surface area contributed by atoms with E-state index in [9.17, 15) is 4.79 Å². The molecule has 0 aliphatic rings. The highest BCUT2D eigenvalue weighted by Crippen LogP contribution is 2.27. The number of ether oxygens (including phenoxy) is 2. The van der Waals surface area contributed by atoms with Gasteiger partial charge in [-0.15, -0.1) is 17.0 Å². The van der Waals surface area contributed by atoms with Gasteiger partial charge >= 0.3 is 0 Å². The van der Waals surface area contributed by atoms with Crippen LogP contribution < -0.4 is 14.0 Å². The van der Waals surface area contributed by atoms with Gasteiger partial charge in [-0.3, -0.25) is 4.79 Å². The van der Waals surface area contributed by atoms with Gasteiger partial charge in [-0.1, -0.05) is 18.2 Å². The SMILES string of the molecule is Br.COc1ccc(C(=O)C[n+]2ccc3ccccc3c2)cc1OC. The van der Waals surface area contributed by atoms with Crippen molar-refractivity contribution >= 4 is 33.5 Å². The van der Waals surface area contributed by atoms with Gasteiger partial charge in [0.05, 0.1) is 14.2 Å². The maximum atomic E-state index is 12.5. The van der Waals surface area contributed by atoms with Crippen molar-refractivity contribution in [1.29, 1.82) is 0 Å². The van der Waals surface area contributed by atoms with Gasteiger partial charge in [0.1, 0.15) is 0 Å². The van der Waals surface area contributed by atoms with Crippen molar-refractivity contribution in [3.63, 3.8) is 0 Å². The Morgan fingerprint density at radius 3 is 2.38 bits per heavy atom. The molecule has 0 unspecified atom stereocenters. The van der Waals surface area contributed by atoms with Crippen molar-refractivity contribution in [1.82, 2.24) is 0 Å². The van der Waals surface area contributed by atoms with E-state index < -0.39 is 0 Å². The van der Waals surface area contributed by atoms with Gasteiger partial charge in [-0.25, -0.2) is 0 Å². The van der Waals surface area contributed by atoms with E-state index >= 15 is 0 Å². The van der Waals surface area contributed by atoms with Crippen molar-refractivity contribution in [3.05, 3.63) is 66.5 Å². The maximum absolute atomic E-state index is 12.5. The number of aromatic nitrogens is 1. The first-order valence-electron chi connectivity index (χ1n) is 7.34. The summed E-state index contributed by atoms with van der Waals surface area (Å²) in [4.78, 5) is 12.5. The largest absolute Gasteiger partial charge is 0.493 e. The number of carbonyl (C=O) groups is 1. The number of fused-ring (bicyclic) bond motifs is 1.